The van der Waals surface area contributed by atoms with Gasteiger partial charge in [-0.15, -0.1) is 0 Å². The normalized spacial score (nSPS) is 12.8. The highest BCUT2D eigenvalue weighted by atomic mass is 32.2. The Hall–Kier alpha value is -2.40. The molecular weight excluding hydrogens is 304 g/mol. The van der Waals surface area contributed by atoms with Crippen molar-refractivity contribution >= 4 is 27.8 Å². The molecule has 1 heterocycles. The predicted molar refractivity (Wildman–Crippen MR) is 69.5 cm³/mol. The summed E-state index contributed by atoms with van der Waals surface area (Å²) in [7, 11) is -2.85. The molecule has 0 aliphatic carbocycles. The van der Waals surface area contributed by atoms with Crippen LogP contribution in [0.5, 0.6) is 0 Å². The molecule has 1 atom stereocenters. The average molecular weight is 318 g/mol. The Morgan fingerprint density at radius 2 is 1.95 bits per heavy atom. The highest BCUT2D eigenvalue weighted by molar-refractivity contribution is 7.89. The molecule has 116 valence electrons. The van der Waals surface area contributed by atoms with Crippen LogP contribution in [0.2, 0.25) is 0 Å². The third kappa shape index (κ3) is 4.03. The van der Waals surface area contributed by atoms with Crippen LogP contribution in [0.4, 0.5) is 0 Å². The molecule has 0 radical (unpaired) electrons. The van der Waals surface area contributed by atoms with Crippen LogP contribution in [-0.4, -0.2) is 41.9 Å². The number of nitrogens with one attached hydrogen (secondary N) is 1. The number of sulfonamides is 1. The zero-order valence-corrected chi connectivity index (χ0v) is 11.8. The zero-order valence-electron chi connectivity index (χ0n) is 10.9. The van der Waals surface area contributed by atoms with Gasteiger partial charge in [0.25, 0.3) is 5.91 Å². The van der Waals surface area contributed by atoms with Crippen LogP contribution in [0.1, 0.15) is 16.9 Å². The second-order valence-corrected chi connectivity index (χ2v) is 5.93. The maximum Gasteiger partial charge on any atom is 0.322 e. The van der Waals surface area contributed by atoms with Crippen molar-refractivity contribution in [2.45, 2.75) is 17.4 Å². The molecular formula is C10H14N4O6S. The summed E-state index contributed by atoms with van der Waals surface area (Å²) in [5.41, 5.74) is 9.84. The number of aryl methyl sites for hydroxylation is 1. The Kier molecular flexibility index (Phi) is 4.70. The summed E-state index contributed by atoms with van der Waals surface area (Å²) in [5.74, 6) is -3.37. The minimum Gasteiger partial charge on any atom is -0.480 e. The molecule has 0 fully saturated rings. The van der Waals surface area contributed by atoms with Gasteiger partial charge in [-0.1, -0.05) is 0 Å². The monoisotopic (exact) mass is 318 g/mol. The van der Waals surface area contributed by atoms with Crippen molar-refractivity contribution in [2.24, 2.45) is 18.5 Å². The van der Waals surface area contributed by atoms with E-state index in [2.05, 4.69) is 0 Å². The third-order valence-corrected chi connectivity index (χ3v) is 3.98. The lowest BCUT2D eigenvalue weighted by Crippen LogP contribution is -2.43. The predicted octanol–water partition coefficient (Wildman–Crippen LogP) is -2.27. The first-order valence-corrected chi connectivity index (χ1v) is 7.02. The van der Waals surface area contributed by atoms with Gasteiger partial charge in [0.05, 0.1) is 6.42 Å². The van der Waals surface area contributed by atoms with Crippen LogP contribution in [0.3, 0.4) is 0 Å². The van der Waals surface area contributed by atoms with Crippen LogP contribution in [-0.2, 0) is 26.7 Å². The summed E-state index contributed by atoms with van der Waals surface area (Å²) >= 11 is 0. The molecule has 0 unspecified atom stereocenters. The fraction of sp³-hybridized carbons (Fsp3) is 0.300. The largest absolute Gasteiger partial charge is 0.480 e. The Labute approximate surface area is 119 Å². The van der Waals surface area contributed by atoms with Gasteiger partial charge in [0.2, 0.25) is 15.9 Å². The maximum absolute atomic E-state index is 12.0. The first-order chi connectivity index (χ1) is 9.54. The topological polar surface area (TPSA) is 175 Å². The molecule has 6 N–H and O–H groups in total. The standard InChI is InChI=1S/C10H14N4O6S/c1-14-4-5(2-7(14)9(12)16)21(19,20)13-6(10(17)18)3-8(11)15/h2,4,6,13H,3H2,1H3,(H2,11,15)(H2,12,16)(H,17,18)/t6-/m0/s1. The molecule has 0 bridgehead atoms. The summed E-state index contributed by atoms with van der Waals surface area (Å²) < 4.78 is 27.1. The summed E-state index contributed by atoms with van der Waals surface area (Å²) in [6.45, 7) is 0. The minimum absolute atomic E-state index is 0.0721. The first-order valence-electron chi connectivity index (χ1n) is 5.54. The molecule has 1 aromatic rings. The van der Waals surface area contributed by atoms with E-state index in [1.54, 1.807) is 0 Å². The summed E-state index contributed by atoms with van der Waals surface area (Å²) in [6, 6.07) is -0.710. The number of primary amides is 2. The van der Waals surface area contributed by atoms with Gasteiger partial charge < -0.3 is 21.1 Å². The number of carboxylic acids is 1. The molecule has 0 aliphatic rings. The van der Waals surface area contributed by atoms with E-state index in [4.69, 9.17) is 16.6 Å². The van der Waals surface area contributed by atoms with Crippen LogP contribution < -0.4 is 16.2 Å². The van der Waals surface area contributed by atoms with E-state index in [1.807, 2.05) is 4.72 Å². The molecule has 21 heavy (non-hydrogen) atoms. The fourth-order valence-electron chi connectivity index (χ4n) is 1.56. The Bertz CT molecular complexity index is 692. The van der Waals surface area contributed by atoms with Crippen molar-refractivity contribution in [2.75, 3.05) is 0 Å². The fourth-order valence-corrected chi connectivity index (χ4v) is 2.82. The number of carbonyl (C=O) groups is 3. The van der Waals surface area contributed by atoms with Crippen LogP contribution >= 0.6 is 0 Å². The van der Waals surface area contributed by atoms with Crippen molar-refractivity contribution in [1.29, 1.82) is 0 Å². The van der Waals surface area contributed by atoms with Crippen LogP contribution in [0.25, 0.3) is 0 Å². The van der Waals surface area contributed by atoms with Gasteiger partial charge in [-0.25, -0.2) is 8.42 Å². The highest BCUT2D eigenvalue weighted by Gasteiger charge is 2.28. The molecule has 0 aliphatic heterocycles. The van der Waals surface area contributed by atoms with Crippen molar-refractivity contribution in [3.63, 3.8) is 0 Å². The number of aromatic nitrogens is 1. The number of nitrogens with zero attached hydrogens (tertiary/aromatic N) is 1. The molecule has 0 saturated carbocycles. The molecule has 2 amide bonds. The van der Waals surface area contributed by atoms with Gasteiger partial charge in [0.1, 0.15) is 16.6 Å². The second kappa shape index (κ2) is 5.93. The number of carboxylic acid groups (broad SMARTS) is 1. The SMILES string of the molecule is Cn1cc(S(=O)(=O)N[C@@H](CC(N)=O)C(=O)O)cc1C(N)=O. The molecule has 0 aromatic carbocycles. The number of hydrogen-bond acceptors (Lipinski definition) is 5. The number of hydrogen-bond donors (Lipinski definition) is 4. The quantitative estimate of drug-likeness (QED) is 0.441. The van der Waals surface area contributed by atoms with E-state index < -0.39 is 40.3 Å². The van der Waals surface area contributed by atoms with E-state index in [-0.39, 0.29) is 10.6 Å². The molecule has 1 rings (SSSR count). The summed E-state index contributed by atoms with van der Waals surface area (Å²) in [5, 5.41) is 8.87. The Balaban J connectivity index is 3.10. The second-order valence-electron chi connectivity index (χ2n) is 4.22. The number of nitrogens with two attached hydrogens (primary N) is 2. The average Bonchev–Trinajstić information content (AvgIpc) is 2.70. The van der Waals surface area contributed by atoms with Crippen molar-refractivity contribution in [3.05, 3.63) is 18.0 Å². The van der Waals surface area contributed by atoms with Crippen molar-refractivity contribution in [1.82, 2.24) is 9.29 Å². The minimum atomic E-state index is -4.25. The van der Waals surface area contributed by atoms with E-state index in [0.29, 0.717) is 0 Å². The zero-order chi connectivity index (χ0) is 16.4. The lowest BCUT2D eigenvalue weighted by Gasteiger charge is -2.12. The third-order valence-electron chi connectivity index (χ3n) is 2.54. The summed E-state index contributed by atoms with van der Waals surface area (Å²) in [6.07, 6.45) is 0.385. The van der Waals surface area contributed by atoms with Gasteiger partial charge >= 0.3 is 5.97 Å². The number of amides is 2. The van der Waals surface area contributed by atoms with Crippen LogP contribution in [0, 0.1) is 0 Å². The van der Waals surface area contributed by atoms with E-state index in [0.717, 1.165) is 12.3 Å². The van der Waals surface area contributed by atoms with Gasteiger partial charge in [-0.2, -0.15) is 4.72 Å². The highest BCUT2D eigenvalue weighted by Crippen LogP contribution is 2.14. The lowest BCUT2D eigenvalue weighted by molar-refractivity contribution is -0.140. The first kappa shape index (κ1) is 16.7. The van der Waals surface area contributed by atoms with Gasteiger partial charge in [0.15, 0.2) is 0 Å². The number of rotatable bonds is 7. The molecule has 1 aromatic heterocycles. The van der Waals surface area contributed by atoms with Crippen molar-refractivity contribution < 1.29 is 27.9 Å². The van der Waals surface area contributed by atoms with Crippen LogP contribution in [0.15, 0.2) is 17.2 Å². The lowest BCUT2D eigenvalue weighted by atomic mass is 10.2. The van der Waals surface area contributed by atoms with Crippen molar-refractivity contribution in [3.8, 4) is 0 Å². The molecule has 11 heteroatoms. The van der Waals surface area contributed by atoms with Gasteiger partial charge in [-0.3, -0.25) is 14.4 Å². The van der Waals surface area contributed by atoms with Gasteiger partial charge in [-0.05, 0) is 6.07 Å². The van der Waals surface area contributed by atoms with E-state index >= 15 is 0 Å². The maximum atomic E-state index is 12.0. The van der Waals surface area contributed by atoms with E-state index in [9.17, 15) is 22.8 Å². The molecule has 0 spiro atoms. The molecule has 10 nitrogen and oxygen atoms in total. The Morgan fingerprint density at radius 1 is 1.38 bits per heavy atom. The van der Waals surface area contributed by atoms with E-state index in [1.165, 1.54) is 11.6 Å². The summed E-state index contributed by atoms with van der Waals surface area (Å²) in [4.78, 5) is 32.4. The molecule has 0 saturated heterocycles. The number of carbonyl (C=O) groups excluding carboxylic acids is 2. The van der Waals surface area contributed by atoms with Gasteiger partial charge in [0, 0.05) is 13.2 Å². The smallest absolute Gasteiger partial charge is 0.322 e. The Morgan fingerprint density at radius 3 is 2.33 bits per heavy atom. The number of aliphatic carboxylic acids is 1.